The van der Waals surface area contributed by atoms with Crippen LogP contribution in [-0.2, 0) is 4.79 Å². The summed E-state index contributed by atoms with van der Waals surface area (Å²) in [5.74, 6) is 0.163. The largest absolute Gasteiger partial charge is 0.352 e. The van der Waals surface area contributed by atoms with Crippen LogP contribution in [0.1, 0.15) is 71.6 Å². The molecule has 0 aliphatic rings. The van der Waals surface area contributed by atoms with Crippen molar-refractivity contribution in [3.05, 3.63) is 0 Å². The number of nitrogens with two attached hydrogens (primary N) is 1. The molecule has 0 bridgehead atoms. The standard InChI is InChI=1S/C14H30N2O/c1-3-5-6-7-8-9-10-11-14(17)16-13(4-2)12-15/h13H,3-12,15H2,1-2H3,(H,16,17). The van der Waals surface area contributed by atoms with Crippen LogP contribution in [0.4, 0.5) is 0 Å². The third-order valence-corrected chi connectivity index (χ3v) is 3.15. The summed E-state index contributed by atoms with van der Waals surface area (Å²) in [4.78, 5) is 11.5. The van der Waals surface area contributed by atoms with Crippen molar-refractivity contribution in [2.45, 2.75) is 77.7 Å². The molecule has 0 radical (unpaired) electrons. The fraction of sp³-hybridized carbons (Fsp3) is 0.929. The van der Waals surface area contributed by atoms with Crippen molar-refractivity contribution in [2.24, 2.45) is 5.73 Å². The van der Waals surface area contributed by atoms with Gasteiger partial charge in [0.05, 0.1) is 0 Å². The molecule has 0 aromatic heterocycles. The highest BCUT2D eigenvalue weighted by Gasteiger charge is 2.07. The van der Waals surface area contributed by atoms with Crippen molar-refractivity contribution in [2.75, 3.05) is 6.54 Å². The lowest BCUT2D eigenvalue weighted by molar-refractivity contribution is -0.121. The van der Waals surface area contributed by atoms with Crippen molar-refractivity contribution >= 4 is 5.91 Å². The fourth-order valence-corrected chi connectivity index (χ4v) is 1.87. The van der Waals surface area contributed by atoms with Crippen LogP contribution in [0.25, 0.3) is 0 Å². The molecule has 0 spiro atoms. The molecule has 0 aromatic carbocycles. The maximum atomic E-state index is 11.5. The Bertz CT molecular complexity index is 179. The number of amides is 1. The minimum Gasteiger partial charge on any atom is -0.352 e. The second kappa shape index (κ2) is 11.9. The van der Waals surface area contributed by atoms with E-state index in [4.69, 9.17) is 5.73 Å². The average molecular weight is 242 g/mol. The number of unbranched alkanes of at least 4 members (excludes halogenated alkanes) is 6. The van der Waals surface area contributed by atoms with Gasteiger partial charge in [0.25, 0.3) is 0 Å². The third kappa shape index (κ3) is 10.3. The number of nitrogens with one attached hydrogen (secondary N) is 1. The lowest BCUT2D eigenvalue weighted by atomic mass is 10.1. The van der Waals surface area contributed by atoms with E-state index < -0.39 is 0 Å². The Labute approximate surface area is 107 Å². The predicted molar refractivity (Wildman–Crippen MR) is 73.9 cm³/mol. The molecule has 1 amide bonds. The zero-order valence-electron chi connectivity index (χ0n) is 11.6. The number of hydrogen-bond donors (Lipinski definition) is 2. The molecule has 3 nitrogen and oxygen atoms in total. The molecule has 0 saturated carbocycles. The molecule has 0 aliphatic carbocycles. The summed E-state index contributed by atoms with van der Waals surface area (Å²) < 4.78 is 0. The lowest BCUT2D eigenvalue weighted by Gasteiger charge is -2.14. The van der Waals surface area contributed by atoms with Gasteiger partial charge in [-0.2, -0.15) is 0 Å². The third-order valence-electron chi connectivity index (χ3n) is 3.15. The molecule has 0 heterocycles. The van der Waals surface area contributed by atoms with Gasteiger partial charge in [-0.05, 0) is 12.8 Å². The van der Waals surface area contributed by atoms with Crippen molar-refractivity contribution in [3.8, 4) is 0 Å². The van der Waals surface area contributed by atoms with Crippen LogP contribution in [0.5, 0.6) is 0 Å². The van der Waals surface area contributed by atoms with Crippen molar-refractivity contribution in [3.63, 3.8) is 0 Å². The van der Waals surface area contributed by atoms with E-state index in [0.717, 1.165) is 12.8 Å². The van der Waals surface area contributed by atoms with Gasteiger partial charge in [0.15, 0.2) is 0 Å². The molecule has 0 saturated heterocycles. The summed E-state index contributed by atoms with van der Waals surface area (Å²) in [7, 11) is 0. The zero-order chi connectivity index (χ0) is 12.9. The van der Waals surface area contributed by atoms with E-state index in [9.17, 15) is 4.79 Å². The van der Waals surface area contributed by atoms with Gasteiger partial charge in [0, 0.05) is 19.0 Å². The maximum Gasteiger partial charge on any atom is 0.220 e. The highest BCUT2D eigenvalue weighted by atomic mass is 16.1. The molecule has 0 rings (SSSR count). The molecule has 0 fully saturated rings. The van der Waals surface area contributed by atoms with Crippen LogP contribution < -0.4 is 11.1 Å². The molecule has 1 unspecified atom stereocenters. The molecule has 1 atom stereocenters. The first-order valence-electron chi connectivity index (χ1n) is 7.24. The molecular formula is C14H30N2O. The van der Waals surface area contributed by atoms with Gasteiger partial charge in [-0.1, -0.05) is 52.4 Å². The van der Waals surface area contributed by atoms with Crippen LogP contribution in [0.2, 0.25) is 0 Å². The lowest BCUT2D eigenvalue weighted by Crippen LogP contribution is -2.39. The smallest absolute Gasteiger partial charge is 0.220 e. The normalized spacial score (nSPS) is 12.4. The fourth-order valence-electron chi connectivity index (χ4n) is 1.87. The summed E-state index contributed by atoms with van der Waals surface area (Å²) >= 11 is 0. The molecule has 0 aliphatic heterocycles. The number of hydrogen-bond acceptors (Lipinski definition) is 2. The molecule has 0 aromatic rings. The monoisotopic (exact) mass is 242 g/mol. The summed E-state index contributed by atoms with van der Waals surface area (Å²) in [6, 6.07) is 0.159. The van der Waals surface area contributed by atoms with Crippen LogP contribution in [0.15, 0.2) is 0 Å². The summed E-state index contributed by atoms with van der Waals surface area (Å²) in [5.41, 5.74) is 5.54. The van der Waals surface area contributed by atoms with Crippen LogP contribution in [0, 0.1) is 0 Å². The van der Waals surface area contributed by atoms with Crippen molar-refractivity contribution < 1.29 is 4.79 Å². The highest BCUT2D eigenvalue weighted by molar-refractivity contribution is 5.76. The van der Waals surface area contributed by atoms with Crippen molar-refractivity contribution in [1.29, 1.82) is 0 Å². The van der Waals surface area contributed by atoms with E-state index in [1.54, 1.807) is 0 Å². The Hall–Kier alpha value is -0.570. The number of rotatable bonds is 11. The van der Waals surface area contributed by atoms with Gasteiger partial charge >= 0.3 is 0 Å². The Morgan fingerprint density at radius 2 is 1.65 bits per heavy atom. The van der Waals surface area contributed by atoms with E-state index in [1.165, 1.54) is 38.5 Å². The first-order valence-corrected chi connectivity index (χ1v) is 7.24. The second-order valence-electron chi connectivity index (χ2n) is 4.78. The summed E-state index contributed by atoms with van der Waals surface area (Å²) in [6.07, 6.45) is 10.3. The van der Waals surface area contributed by atoms with Gasteiger partial charge < -0.3 is 11.1 Å². The average Bonchev–Trinajstić information content (AvgIpc) is 2.34. The minimum atomic E-state index is 0.159. The topological polar surface area (TPSA) is 55.1 Å². The van der Waals surface area contributed by atoms with Gasteiger partial charge in [0.2, 0.25) is 5.91 Å². The Morgan fingerprint density at radius 3 is 2.18 bits per heavy atom. The number of carbonyl (C=O) groups excluding carboxylic acids is 1. The van der Waals surface area contributed by atoms with E-state index in [0.29, 0.717) is 13.0 Å². The molecular weight excluding hydrogens is 212 g/mol. The molecule has 17 heavy (non-hydrogen) atoms. The van der Waals surface area contributed by atoms with E-state index in [-0.39, 0.29) is 11.9 Å². The first-order chi connectivity index (χ1) is 8.24. The van der Waals surface area contributed by atoms with Crippen LogP contribution in [0.3, 0.4) is 0 Å². The quantitative estimate of drug-likeness (QED) is 0.547. The van der Waals surface area contributed by atoms with Crippen molar-refractivity contribution in [1.82, 2.24) is 5.32 Å². The minimum absolute atomic E-state index is 0.159. The second-order valence-corrected chi connectivity index (χ2v) is 4.78. The van der Waals surface area contributed by atoms with Gasteiger partial charge in [-0.3, -0.25) is 4.79 Å². The van der Waals surface area contributed by atoms with Crippen LogP contribution >= 0.6 is 0 Å². The van der Waals surface area contributed by atoms with Gasteiger partial charge in [-0.25, -0.2) is 0 Å². The SMILES string of the molecule is CCCCCCCCCC(=O)NC(CC)CN. The zero-order valence-corrected chi connectivity index (χ0v) is 11.6. The predicted octanol–water partition coefficient (Wildman–Crippen LogP) is 2.98. The summed E-state index contributed by atoms with van der Waals surface area (Å²) in [5, 5.41) is 2.96. The maximum absolute atomic E-state index is 11.5. The molecule has 3 N–H and O–H groups in total. The molecule has 3 heteroatoms. The van der Waals surface area contributed by atoms with Gasteiger partial charge in [-0.15, -0.1) is 0 Å². The summed E-state index contributed by atoms with van der Waals surface area (Å²) in [6.45, 7) is 4.82. The highest BCUT2D eigenvalue weighted by Crippen LogP contribution is 2.08. The Kier molecular flexibility index (Phi) is 11.5. The van der Waals surface area contributed by atoms with E-state index in [1.807, 2.05) is 6.92 Å². The van der Waals surface area contributed by atoms with E-state index >= 15 is 0 Å². The first kappa shape index (κ1) is 16.4. The Morgan fingerprint density at radius 1 is 1.06 bits per heavy atom. The Balaban J connectivity index is 3.33. The molecule has 102 valence electrons. The van der Waals surface area contributed by atoms with E-state index in [2.05, 4.69) is 12.2 Å². The van der Waals surface area contributed by atoms with Crippen LogP contribution in [-0.4, -0.2) is 18.5 Å². The number of carbonyl (C=O) groups is 1. The van der Waals surface area contributed by atoms with Gasteiger partial charge in [0.1, 0.15) is 0 Å².